The third-order valence-electron chi connectivity index (χ3n) is 0.331. The number of hydrogen-bond donors (Lipinski definition) is 0. The van der Waals surface area contributed by atoms with Crippen LogP contribution in [0.4, 0.5) is 0 Å². The standard InChI is InChI=1S/C2H3B3O/c1-2(6)4-5-3/h1H3. The molecule has 0 aliphatic heterocycles. The minimum absolute atomic E-state index is 0.0162. The van der Waals surface area contributed by atoms with E-state index in [4.69, 9.17) is 7.74 Å². The Morgan fingerprint density at radius 2 is 2.33 bits per heavy atom. The van der Waals surface area contributed by atoms with Crippen LogP contribution in [0.1, 0.15) is 6.92 Å². The van der Waals surface area contributed by atoms with E-state index in [-0.39, 0.29) is 5.68 Å². The quantitative estimate of drug-likeness (QED) is 0.363. The van der Waals surface area contributed by atoms with Crippen LogP contribution in [-0.4, -0.2) is 26.9 Å². The van der Waals surface area contributed by atoms with E-state index in [9.17, 15) is 4.79 Å². The van der Waals surface area contributed by atoms with Gasteiger partial charge in [-0.05, 0) is 0 Å². The third kappa shape index (κ3) is 3.86. The molecule has 0 saturated carbocycles. The fourth-order valence-electron chi connectivity index (χ4n) is 0.136. The van der Waals surface area contributed by atoms with Gasteiger partial charge in [-0.2, -0.15) is 0 Å². The number of hydrogen-bond acceptors (Lipinski definition) is 1. The molecule has 26 valence electrons. The van der Waals surface area contributed by atoms with Gasteiger partial charge in [0, 0.05) is 0 Å². The van der Waals surface area contributed by atoms with Crippen LogP contribution in [0.25, 0.3) is 0 Å². The summed E-state index contributed by atoms with van der Waals surface area (Å²) < 4.78 is 0. The van der Waals surface area contributed by atoms with Gasteiger partial charge in [0.05, 0.1) is 0 Å². The summed E-state index contributed by atoms with van der Waals surface area (Å²) in [6, 6.07) is 0. The van der Waals surface area contributed by atoms with Crippen molar-refractivity contribution in [2.24, 2.45) is 0 Å². The Kier molecular flexibility index (Phi) is 3.00. The molecule has 2 radical (unpaired) electrons. The molecule has 6 heavy (non-hydrogen) atoms. The molecule has 0 aliphatic rings. The molecule has 1 nitrogen and oxygen atoms in total. The van der Waals surface area contributed by atoms with E-state index >= 15 is 0 Å². The van der Waals surface area contributed by atoms with Crippen LogP contribution in [0.3, 0.4) is 0 Å². The van der Waals surface area contributed by atoms with E-state index in [1.807, 2.05) is 0 Å². The van der Waals surface area contributed by atoms with E-state index in [0.717, 1.165) is 0 Å². The summed E-state index contributed by atoms with van der Waals surface area (Å²) in [5, 5.41) is 0. The van der Waals surface area contributed by atoms with E-state index in [1.165, 1.54) is 20.4 Å². The Bertz CT molecular complexity index is 76.9. The summed E-state index contributed by atoms with van der Waals surface area (Å²) in [7, 11) is 4.83. The molecule has 0 aliphatic carbocycles. The molecule has 0 spiro atoms. The maximum absolute atomic E-state index is 9.88. The van der Waals surface area contributed by atoms with E-state index in [2.05, 4.69) is 0 Å². The van der Waals surface area contributed by atoms with Gasteiger partial charge in [-0.3, -0.25) is 0 Å². The van der Waals surface area contributed by atoms with Crippen molar-refractivity contribution in [2.75, 3.05) is 0 Å². The fourth-order valence-corrected chi connectivity index (χ4v) is 0.136. The fraction of sp³-hybridized carbons (Fsp3) is 0.500. The SMILES string of the molecule is [B]B=BC(C)=O. The van der Waals surface area contributed by atoms with Crippen molar-refractivity contribution in [1.29, 1.82) is 0 Å². The first kappa shape index (κ1) is 5.86. The van der Waals surface area contributed by atoms with Gasteiger partial charge in [-0.1, -0.05) is 0 Å². The summed E-state index contributed by atoms with van der Waals surface area (Å²) in [5.41, 5.74) is -0.0162. The third-order valence-corrected chi connectivity index (χ3v) is 0.331. The molecule has 4 heteroatoms. The zero-order valence-electron chi connectivity index (χ0n) is 3.64. The van der Waals surface area contributed by atoms with Gasteiger partial charge in [-0.25, -0.2) is 0 Å². The topological polar surface area (TPSA) is 17.1 Å². The first-order valence-corrected chi connectivity index (χ1v) is 1.66. The van der Waals surface area contributed by atoms with Crippen molar-refractivity contribution in [2.45, 2.75) is 6.92 Å². The predicted molar refractivity (Wildman–Crippen MR) is 27.9 cm³/mol. The molecule has 0 fully saturated rings. The van der Waals surface area contributed by atoms with Crippen molar-refractivity contribution in [3.05, 3.63) is 0 Å². The van der Waals surface area contributed by atoms with Gasteiger partial charge >= 0.3 is 38.6 Å². The van der Waals surface area contributed by atoms with Crippen LogP contribution < -0.4 is 0 Å². The van der Waals surface area contributed by atoms with Crippen molar-refractivity contribution in [3.63, 3.8) is 0 Å². The zero-order chi connectivity index (χ0) is 4.99. The molecular formula is C2H3B3O. The minimum atomic E-state index is -0.0162. The average Bonchev–Trinajstić information content (AvgIpc) is 1.35. The van der Waals surface area contributed by atoms with Gasteiger partial charge < -0.3 is 0 Å². The molecule has 0 amide bonds. The van der Waals surface area contributed by atoms with Gasteiger partial charge in [0.2, 0.25) is 0 Å². The van der Waals surface area contributed by atoms with E-state index < -0.39 is 0 Å². The molecule has 0 rings (SSSR count). The van der Waals surface area contributed by atoms with Crippen LogP contribution in [0.5, 0.6) is 0 Å². The van der Waals surface area contributed by atoms with Crippen LogP contribution in [-0.2, 0) is 4.79 Å². The van der Waals surface area contributed by atoms with Crippen molar-refractivity contribution >= 4 is 26.9 Å². The summed E-state index contributed by atoms with van der Waals surface area (Å²) in [6.07, 6.45) is 0. The molecule has 0 bridgehead atoms. The van der Waals surface area contributed by atoms with Crippen LogP contribution in [0.15, 0.2) is 0 Å². The summed E-state index contributed by atoms with van der Waals surface area (Å²) in [4.78, 5) is 9.88. The Morgan fingerprint density at radius 1 is 1.83 bits per heavy atom. The molecule has 0 unspecified atom stereocenters. The summed E-state index contributed by atoms with van der Waals surface area (Å²) in [5.74, 6) is 0. The Morgan fingerprint density at radius 3 is 2.33 bits per heavy atom. The summed E-state index contributed by atoms with van der Waals surface area (Å²) in [6.45, 7) is 3.98. The number of carbonyl (C=O) groups excluding carboxylic acids is 1. The van der Waals surface area contributed by atoms with E-state index in [0.29, 0.717) is 0 Å². The Balaban J connectivity index is 3.30. The van der Waals surface area contributed by atoms with Crippen LogP contribution in [0, 0.1) is 0 Å². The molecule has 0 atom stereocenters. The summed E-state index contributed by atoms with van der Waals surface area (Å²) >= 11 is 0. The molecule has 0 aromatic carbocycles. The molecular weight excluding hydrogens is 72.5 g/mol. The van der Waals surface area contributed by atoms with Gasteiger partial charge in [-0.15, -0.1) is 0 Å². The number of rotatable bonds is 1. The first-order chi connectivity index (χ1) is 2.77. The second-order valence-electron chi connectivity index (χ2n) is 0.970. The molecule has 0 aromatic heterocycles. The molecule has 0 saturated heterocycles. The van der Waals surface area contributed by atoms with Crippen molar-refractivity contribution in [3.8, 4) is 0 Å². The average molecular weight is 75.5 g/mol. The van der Waals surface area contributed by atoms with Crippen molar-refractivity contribution in [1.82, 2.24) is 0 Å². The zero-order valence-corrected chi connectivity index (χ0v) is 3.64. The monoisotopic (exact) mass is 76.0 g/mol. The molecule has 0 heterocycles. The molecule has 0 N–H and O–H groups in total. The Labute approximate surface area is 39.6 Å². The van der Waals surface area contributed by atoms with Crippen LogP contribution >= 0.6 is 0 Å². The van der Waals surface area contributed by atoms with Crippen molar-refractivity contribution < 1.29 is 4.79 Å². The maximum atomic E-state index is 9.88. The van der Waals surface area contributed by atoms with Gasteiger partial charge in [0.25, 0.3) is 0 Å². The second-order valence-corrected chi connectivity index (χ2v) is 0.970. The normalized spacial score (nSPS) is 6.83. The van der Waals surface area contributed by atoms with Crippen LogP contribution in [0.2, 0.25) is 0 Å². The van der Waals surface area contributed by atoms with Gasteiger partial charge in [0.1, 0.15) is 0 Å². The Hall–Kier alpha value is -0.135. The van der Waals surface area contributed by atoms with E-state index in [1.54, 1.807) is 0 Å². The van der Waals surface area contributed by atoms with Gasteiger partial charge in [0.15, 0.2) is 0 Å². The second kappa shape index (κ2) is 3.07. The number of carbonyl (C=O) groups is 1. The first-order valence-electron chi connectivity index (χ1n) is 1.66. The predicted octanol–water partition coefficient (Wildman–Crippen LogP) is -1.06. The molecule has 0 aromatic rings.